The minimum Gasteiger partial charge on any atom is -0.494 e. The van der Waals surface area contributed by atoms with E-state index in [2.05, 4.69) is 4.98 Å². The smallest absolute Gasteiger partial charge is 0.328 e. The Morgan fingerprint density at radius 3 is 2.71 bits per heavy atom. The van der Waals surface area contributed by atoms with Crippen molar-refractivity contribution in [3.8, 4) is 5.75 Å². The van der Waals surface area contributed by atoms with Crippen molar-refractivity contribution in [2.75, 3.05) is 13.7 Å². The normalized spacial score (nSPS) is 14.0. The molecule has 2 atom stereocenters. The number of benzene rings is 1. The van der Waals surface area contributed by atoms with E-state index in [0.717, 1.165) is 5.52 Å². The molecule has 0 aliphatic rings. The van der Waals surface area contributed by atoms with Crippen LogP contribution in [-0.2, 0) is 9.53 Å². The van der Waals surface area contributed by atoms with Gasteiger partial charge < -0.3 is 14.0 Å². The molecule has 2 unspecified atom stereocenters. The van der Waals surface area contributed by atoms with E-state index >= 15 is 0 Å². The van der Waals surface area contributed by atoms with E-state index in [-0.39, 0.29) is 11.3 Å². The first-order valence-electron chi connectivity index (χ1n) is 6.86. The lowest BCUT2D eigenvalue weighted by atomic mass is 10.2. The lowest BCUT2D eigenvalue weighted by molar-refractivity contribution is -0.146. The maximum Gasteiger partial charge on any atom is 0.328 e. The molecule has 0 bridgehead atoms. The lowest BCUT2D eigenvalue weighted by Gasteiger charge is -2.17. The molecule has 1 heterocycles. The summed E-state index contributed by atoms with van der Waals surface area (Å²) in [7, 11) is 1.59. The van der Waals surface area contributed by atoms with Crippen LogP contribution in [0.15, 0.2) is 18.2 Å². The number of rotatable bonds is 5. The SMILES string of the molecule is CCOC(=O)C(C)n1c(C(C)Cl)nc2c(OC)cccc21. The number of methoxy groups -OCH3 is 1. The van der Waals surface area contributed by atoms with E-state index in [1.165, 1.54) is 0 Å². The number of ether oxygens (including phenoxy) is 2. The number of alkyl halides is 1. The van der Waals surface area contributed by atoms with Crippen molar-refractivity contribution >= 4 is 28.6 Å². The Morgan fingerprint density at radius 2 is 2.14 bits per heavy atom. The third-order valence-electron chi connectivity index (χ3n) is 3.30. The lowest BCUT2D eigenvalue weighted by Crippen LogP contribution is -2.21. The van der Waals surface area contributed by atoms with Crippen LogP contribution in [0.5, 0.6) is 5.75 Å². The van der Waals surface area contributed by atoms with Crippen molar-refractivity contribution in [1.29, 1.82) is 0 Å². The second-order valence-electron chi connectivity index (χ2n) is 4.71. The molecule has 1 aromatic carbocycles. The Kier molecular flexibility index (Phi) is 4.73. The Hall–Kier alpha value is -1.75. The van der Waals surface area contributed by atoms with Gasteiger partial charge in [0, 0.05) is 0 Å². The Bertz CT molecular complexity index is 652. The number of esters is 1. The molecule has 0 saturated carbocycles. The van der Waals surface area contributed by atoms with Crippen LogP contribution in [0.3, 0.4) is 0 Å². The molecule has 0 aliphatic heterocycles. The van der Waals surface area contributed by atoms with Crippen molar-refractivity contribution in [1.82, 2.24) is 9.55 Å². The van der Waals surface area contributed by atoms with Crippen LogP contribution in [0.2, 0.25) is 0 Å². The van der Waals surface area contributed by atoms with E-state index in [1.807, 2.05) is 29.7 Å². The maximum absolute atomic E-state index is 12.1. The molecular formula is C15H19ClN2O3. The molecule has 0 radical (unpaired) electrons. The molecule has 2 rings (SSSR count). The Morgan fingerprint density at radius 1 is 1.43 bits per heavy atom. The summed E-state index contributed by atoms with van der Waals surface area (Å²) in [6.07, 6.45) is 0. The molecule has 6 heteroatoms. The van der Waals surface area contributed by atoms with Crippen LogP contribution in [0.4, 0.5) is 0 Å². The zero-order valence-electron chi connectivity index (χ0n) is 12.6. The average molecular weight is 311 g/mol. The highest BCUT2D eigenvalue weighted by atomic mass is 35.5. The number of para-hydroxylation sites is 1. The highest BCUT2D eigenvalue weighted by Crippen LogP contribution is 2.32. The fourth-order valence-corrected chi connectivity index (χ4v) is 2.48. The quantitative estimate of drug-likeness (QED) is 0.627. The van der Waals surface area contributed by atoms with Crippen molar-refractivity contribution in [2.45, 2.75) is 32.2 Å². The summed E-state index contributed by atoms with van der Waals surface area (Å²) < 4.78 is 12.2. The van der Waals surface area contributed by atoms with Gasteiger partial charge in [0.25, 0.3) is 0 Å². The number of carbonyl (C=O) groups is 1. The van der Waals surface area contributed by atoms with Gasteiger partial charge in [0.15, 0.2) is 0 Å². The van der Waals surface area contributed by atoms with Crippen molar-refractivity contribution in [3.05, 3.63) is 24.0 Å². The van der Waals surface area contributed by atoms with Crippen LogP contribution >= 0.6 is 11.6 Å². The number of hydrogen-bond acceptors (Lipinski definition) is 4. The second-order valence-corrected chi connectivity index (χ2v) is 5.37. The van der Waals surface area contributed by atoms with Crippen LogP contribution in [0, 0.1) is 0 Å². The molecule has 5 nitrogen and oxygen atoms in total. The molecule has 1 aromatic heterocycles. The minimum atomic E-state index is -0.502. The molecule has 0 amide bonds. The summed E-state index contributed by atoms with van der Waals surface area (Å²) in [4.78, 5) is 16.6. The fourth-order valence-electron chi connectivity index (χ4n) is 2.33. The third kappa shape index (κ3) is 2.83. The summed E-state index contributed by atoms with van der Waals surface area (Å²) in [5.74, 6) is 0.968. The zero-order valence-corrected chi connectivity index (χ0v) is 13.3. The number of fused-ring (bicyclic) bond motifs is 1. The average Bonchev–Trinajstić information content (AvgIpc) is 2.86. The predicted octanol–water partition coefficient (Wildman–Crippen LogP) is 3.47. The van der Waals surface area contributed by atoms with Gasteiger partial charge in [-0.3, -0.25) is 0 Å². The number of aromatic nitrogens is 2. The third-order valence-corrected chi connectivity index (χ3v) is 3.50. The van der Waals surface area contributed by atoms with Gasteiger partial charge in [0.05, 0.1) is 24.6 Å². The van der Waals surface area contributed by atoms with Gasteiger partial charge in [0.2, 0.25) is 0 Å². The largest absolute Gasteiger partial charge is 0.494 e. The van der Waals surface area contributed by atoms with Gasteiger partial charge in [-0.25, -0.2) is 9.78 Å². The van der Waals surface area contributed by atoms with Crippen LogP contribution < -0.4 is 4.74 Å². The summed E-state index contributed by atoms with van der Waals surface area (Å²) in [6, 6.07) is 5.08. The molecule has 0 N–H and O–H groups in total. The van der Waals surface area contributed by atoms with Gasteiger partial charge in [-0.15, -0.1) is 11.6 Å². The maximum atomic E-state index is 12.1. The molecule has 0 aliphatic carbocycles. The number of carbonyl (C=O) groups excluding carboxylic acids is 1. The monoisotopic (exact) mass is 310 g/mol. The highest BCUT2D eigenvalue weighted by Gasteiger charge is 2.25. The number of imidazole rings is 1. The summed E-state index contributed by atoms with van der Waals surface area (Å²) >= 11 is 6.22. The molecule has 0 fully saturated rings. The summed E-state index contributed by atoms with van der Waals surface area (Å²) in [6.45, 7) is 5.72. The van der Waals surface area contributed by atoms with Crippen LogP contribution in [-0.4, -0.2) is 29.2 Å². The van der Waals surface area contributed by atoms with E-state index in [9.17, 15) is 4.79 Å². The van der Waals surface area contributed by atoms with Crippen LogP contribution in [0.1, 0.15) is 38.0 Å². The van der Waals surface area contributed by atoms with Crippen molar-refractivity contribution in [2.24, 2.45) is 0 Å². The highest BCUT2D eigenvalue weighted by molar-refractivity contribution is 6.20. The number of halogens is 1. The van der Waals surface area contributed by atoms with E-state index in [0.29, 0.717) is 23.7 Å². The molecule has 114 valence electrons. The molecule has 0 saturated heterocycles. The first-order chi connectivity index (χ1) is 10.0. The van der Waals surface area contributed by atoms with E-state index in [4.69, 9.17) is 21.1 Å². The van der Waals surface area contributed by atoms with Gasteiger partial charge in [-0.2, -0.15) is 0 Å². The first kappa shape index (κ1) is 15.6. The Labute approximate surface area is 128 Å². The second kappa shape index (κ2) is 6.35. The van der Waals surface area contributed by atoms with Gasteiger partial charge in [-0.05, 0) is 32.9 Å². The predicted molar refractivity (Wildman–Crippen MR) is 81.9 cm³/mol. The van der Waals surface area contributed by atoms with E-state index < -0.39 is 6.04 Å². The number of hydrogen-bond donors (Lipinski definition) is 0. The topological polar surface area (TPSA) is 53.4 Å². The molecule has 0 spiro atoms. The van der Waals surface area contributed by atoms with Gasteiger partial charge in [0.1, 0.15) is 23.1 Å². The minimum absolute atomic E-state index is 0.307. The molecule has 2 aromatic rings. The molecular weight excluding hydrogens is 292 g/mol. The molecule has 21 heavy (non-hydrogen) atoms. The standard InChI is InChI=1S/C15H19ClN2O3/c1-5-21-15(19)10(3)18-11-7-6-8-12(20-4)13(11)17-14(18)9(2)16/h6-10H,5H2,1-4H3. The summed E-state index contributed by atoms with van der Waals surface area (Å²) in [5.41, 5.74) is 1.50. The van der Waals surface area contributed by atoms with Gasteiger partial charge >= 0.3 is 5.97 Å². The van der Waals surface area contributed by atoms with Crippen molar-refractivity contribution in [3.63, 3.8) is 0 Å². The summed E-state index contributed by atoms with van der Waals surface area (Å²) in [5, 5.41) is -0.334. The van der Waals surface area contributed by atoms with Crippen molar-refractivity contribution < 1.29 is 14.3 Å². The number of nitrogens with zero attached hydrogens (tertiary/aromatic N) is 2. The fraction of sp³-hybridized carbons (Fsp3) is 0.467. The van der Waals surface area contributed by atoms with Crippen LogP contribution in [0.25, 0.3) is 11.0 Å². The van der Waals surface area contributed by atoms with E-state index in [1.54, 1.807) is 21.0 Å². The first-order valence-corrected chi connectivity index (χ1v) is 7.30. The Balaban J connectivity index is 2.64. The zero-order chi connectivity index (χ0) is 15.6. The van der Waals surface area contributed by atoms with Gasteiger partial charge in [-0.1, -0.05) is 6.07 Å².